The van der Waals surface area contributed by atoms with E-state index in [1.165, 1.54) is 7.11 Å². The van der Waals surface area contributed by atoms with Crippen LogP contribution in [0.15, 0.2) is 42.5 Å². The van der Waals surface area contributed by atoms with Gasteiger partial charge in [0.05, 0.1) is 33.0 Å². The standard InChI is InChI=1S/C26H32N2O6/c1-3-33-21-9-6-19(7-10-21)22-5-4-12-28(22)26(30)20-8-11-23(24(17-20)31-2)34-18-25(29)27-13-15-32-16-14-27/h6-11,17,22H,3-5,12-16,18H2,1-2H3/t22-/m0/s1. The smallest absolute Gasteiger partial charge is 0.260 e. The molecule has 0 aromatic heterocycles. The normalized spacial score (nSPS) is 18.0. The molecule has 4 rings (SSSR count). The van der Waals surface area contributed by atoms with E-state index in [9.17, 15) is 9.59 Å². The Bertz CT molecular complexity index is 987. The van der Waals surface area contributed by atoms with Gasteiger partial charge in [-0.2, -0.15) is 0 Å². The zero-order valence-electron chi connectivity index (χ0n) is 19.8. The zero-order chi connectivity index (χ0) is 23.9. The third-order valence-corrected chi connectivity index (χ3v) is 6.22. The van der Waals surface area contributed by atoms with Crippen molar-refractivity contribution in [2.45, 2.75) is 25.8 Å². The fourth-order valence-electron chi connectivity index (χ4n) is 4.44. The summed E-state index contributed by atoms with van der Waals surface area (Å²) in [6, 6.07) is 13.1. The van der Waals surface area contributed by atoms with Crippen LogP contribution in [0, 0.1) is 0 Å². The molecule has 2 aliphatic heterocycles. The third kappa shape index (κ3) is 5.44. The van der Waals surface area contributed by atoms with E-state index in [0.29, 0.717) is 56.5 Å². The van der Waals surface area contributed by atoms with E-state index in [-0.39, 0.29) is 24.5 Å². The summed E-state index contributed by atoms with van der Waals surface area (Å²) in [4.78, 5) is 29.4. The highest BCUT2D eigenvalue weighted by molar-refractivity contribution is 5.95. The van der Waals surface area contributed by atoms with Crippen LogP contribution in [-0.4, -0.2) is 74.8 Å². The predicted octanol–water partition coefficient (Wildman–Crippen LogP) is 3.31. The molecule has 2 fully saturated rings. The monoisotopic (exact) mass is 468 g/mol. The van der Waals surface area contributed by atoms with Gasteiger partial charge >= 0.3 is 0 Å². The minimum Gasteiger partial charge on any atom is -0.494 e. The van der Waals surface area contributed by atoms with Crippen molar-refractivity contribution < 1.29 is 28.5 Å². The van der Waals surface area contributed by atoms with Crippen LogP contribution in [0.25, 0.3) is 0 Å². The van der Waals surface area contributed by atoms with Crippen molar-refractivity contribution in [2.24, 2.45) is 0 Å². The first kappa shape index (κ1) is 23.9. The third-order valence-electron chi connectivity index (χ3n) is 6.22. The second kappa shape index (κ2) is 11.2. The minimum atomic E-state index is -0.0965. The average Bonchev–Trinajstić information content (AvgIpc) is 3.38. The molecular weight excluding hydrogens is 436 g/mol. The van der Waals surface area contributed by atoms with Crippen LogP contribution >= 0.6 is 0 Å². The lowest BCUT2D eigenvalue weighted by Gasteiger charge is -2.27. The van der Waals surface area contributed by atoms with Crippen molar-refractivity contribution >= 4 is 11.8 Å². The highest BCUT2D eigenvalue weighted by Gasteiger charge is 2.31. The molecule has 0 bridgehead atoms. The Hall–Kier alpha value is -3.26. The molecule has 0 radical (unpaired) electrons. The Balaban J connectivity index is 1.43. The van der Waals surface area contributed by atoms with Gasteiger partial charge in [0.2, 0.25) is 0 Å². The SMILES string of the molecule is CCOc1ccc([C@@H]2CCCN2C(=O)c2ccc(OCC(=O)N3CCOCC3)c(OC)c2)cc1. The number of benzene rings is 2. The number of hydrogen-bond acceptors (Lipinski definition) is 6. The van der Waals surface area contributed by atoms with Gasteiger partial charge in [-0.05, 0) is 55.7 Å². The number of hydrogen-bond donors (Lipinski definition) is 0. The number of ether oxygens (including phenoxy) is 4. The maximum Gasteiger partial charge on any atom is 0.260 e. The molecule has 182 valence electrons. The summed E-state index contributed by atoms with van der Waals surface area (Å²) in [5.41, 5.74) is 1.63. The largest absolute Gasteiger partial charge is 0.494 e. The van der Waals surface area contributed by atoms with Gasteiger partial charge in [-0.3, -0.25) is 9.59 Å². The zero-order valence-corrected chi connectivity index (χ0v) is 19.8. The lowest BCUT2D eigenvalue weighted by molar-refractivity contribution is -0.137. The predicted molar refractivity (Wildman–Crippen MR) is 127 cm³/mol. The van der Waals surface area contributed by atoms with Crippen LogP contribution in [-0.2, 0) is 9.53 Å². The molecule has 8 heteroatoms. The number of carbonyl (C=O) groups is 2. The molecule has 2 aromatic carbocycles. The highest BCUT2D eigenvalue weighted by Crippen LogP contribution is 2.35. The first-order valence-corrected chi connectivity index (χ1v) is 11.8. The molecule has 0 unspecified atom stereocenters. The Labute approximate surface area is 200 Å². The van der Waals surface area contributed by atoms with Crippen molar-refractivity contribution in [1.29, 1.82) is 0 Å². The summed E-state index contributed by atoms with van der Waals surface area (Å²) >= 11 is 0. The van der Waals surface area contributed by atoms with Gasteiger partial charge in [-0.15, -0.1) is 0 Å². The number of carbonyl (C=O) groups excluding carboxylic acids is 2. The fraction of sp³-hybridized carbons (Fsp3) is 0.462. The maximum atomic E-state index is 13.4. The summed E-state index contributed by atoms with van der Waals surface area (Å²) < 4.78 is 22.0. The number of amides is 2. The van der Waals surface area contributed by atoms with Crippen molar-refractivity contribution in [1.82, 2.24) is 9.80 Å². The number of nitrogens with zero attached hydrogens (tertiary/aromatic N) is 2. The number of rotatable bonds is 8. The van der Waals surface area contributed by atoms with Crippen LogP contribution in [0.3, 0.4) is 0 Å². The Morgan fingerprint density at radius 1 is 1.00 bits per heavy atom. The molecule has 0 saturated carbocycles. The summed E-state index contributed by atoms with van der Waals surface area (Å²) in [5, 5.41) is 0. The number of morpholine rings is 1. The molecule has 1 atom stereocenters. The number of likely N-dealkylation sites (tertiary alicyclic amines) is 1. The molecule has 2 saturated heterocycles. The average molecular weight is 469 g/mol. The van der Waals surface area contributed by atoms with Gasteiger partial charge in [0, 0.05) is 25.2 Å². The van der Waals surface area contributed by atoms with E-state index in [1.807, 2.05) is 36.1 Å². The molecule has 8 nitrogen and oxygen atoms in total. The first-order valence-electron chi connectivity index (χ1n) is 11.8. The van der Waals surface area contributed by atoms with Crippen molar-refractivity contribution in [2.75, 3.05) is 53.2 Å². The topological polar surface area (TPSA) is 77.5 Å². The molecule has 0 N–H and O–H groups in total. The first-order chi connectivity index (χ1) is 16.6. The van der Waals surface area contributed by atoms with E-state index in [1.54, 1.807) is 23.1 Å². The Morgan fingerprint density at radius 3 is 2.47 bits per heavy atom. The minimum absolute atomic E-state index is 0.0243. The molecule has 2 amide bonds. The van der Waals surface area contributed by atoms with Gasteiger partial charge < -0.3 is 28.7 Å². The van der Waals surface area contributed by atoms with Gasteiger partial charge in [0.1, 0.15) is 5.75 Å². The van der Waals surface area contributed by atoms with Crippen molar-refractivity contribution in [3.05, 3.63) is 53.6 Å². The summed E-state index contributed by atoms with van der Waals surface area (Å²) in [7, 11) is 1.53. The van der Waals surface area contributed by atoms with Gasteiger partial charge in [0.25, 0.3) is 11.8 Å². The van der Waals surface area contributed by atoms with Crippen molar-refractivity contribution in [3.63, 3.8) is 0 Å². The van der Waals surface area contributed by atoms with E-state index in [0.717, 1.165) is 24.2 Å². The molecule has 2 aliphatic rings. The molecule has 0 spiro atoms. The fourth-order valence-corrected chi connectivity index (χ4v) is 4.44. The van der Waals surface area contributed by atoms with Crippen molar-refractivity contribution in [3.8, 4) is 17.2 Å². The van der Waals surface area contributed by atoms with Gasteiger partial charge in [-0.25, -0.2) is 0 Å². The second-order valence-corrected chi connectivity index (χ2v) is 8.31. The van der Waals surface area contributed by atoms with E-state index < -0.39 is 0 Å². The second-order valence-electron chi connectivity index (χ2n) is 8.31. The molecule has 2 heterocycles. The van der Waals surface area contributed by atoms with E-state index in [2.05, 4.69) is 0 Å². The summed E-state index contributed by atoms with van der Waals surface area (Å²) in [6.07, 6.45) is 1.87. The van der Waals surface area contributed by atoms with Crippen LogP contribution in [0.5, 0.6) is 17.2 Å². The quantitative estimate of drug-likeness (QED) is 0.592. The summed E-state index contributed by atoms with van der Waals surface area (Å²) in [5.74, 6) is 1.54. The number of methoxy groups -OCH3 is 1. The molecular formula is C26H32N2O6. The van der Waals surface area contributed by atoms with Crippen LogP contribution in [0.1, 0.15) is 41.7 Å². The lowest BCUT2D eigenvalue weighted by atomic mass is 10.0. The van der Waals surface area contributed by atoms with Gasteiger partial charge in [-0.1, -0.05) is 12.1 Å². The lowest BCUT2D eigenvalue weighted by Crippen LogP contribution is -2.43. The Morgan fingerprint density at radius 2 is 1.76 bits per heavy atom. The maximum absolute atomic E-state index is 13.4. The Kier molecular flexibility index (Phi) is 7.90. The molecule has 0 aliphatic carbocycles. The van der Waals surface area contributed by atoms with Gasteiger partial charge in [0.15, 0.2) is 18.1 Å². The summed E-state index contributed by atoms with van der Waals surface area (Å²) in [6.45, 7) is 5.41. The highest BCUT2D eigenvalue weighted by atomic mass is 16.5. The van der Waals surface area contributed by atoms with E-state index in [4.69, 9.17) is 18.9 Å². The van der Waals surface area contributed by atoms with Crippen LogP contribution < -0.4 is 14.2 Å². The molecule has 34 heavy (non-hydrogen) atoms. The van der Waals surface area contributed by atoms with Crippen LogP contribution in [0.4, 0.5) is 0 Å². The molecule has 2 aromatic rings. The van der Waals surface area contributed by atoms with Crippen LogP contribution in [0.2, 0.25) is 0 Å². The van der Waals surface area contributed by atoms with E-state index >= 15 is 0 Å².